The number of hydrogen-bond donors (Lipinski definition) is 1. The van der Waals surface area contributed by atoms with Crippen LogP contribution in [-0.2, 0) is 0 Å². The van der Waals surface area contributed by atoms with Gasteiger partial charge >= 0.3 is 0 Å². The molecule has 0 aliphatic rings. The van der Waals surface area contributed by atoms with Crippen molar-refractivity contribution < 1.29 is 13.5 Å². The molecule has 18 heavy (non-hydrogen) atoms. The standard InChI is InChI=1S/C13H13FN2O2/c14-7-10(8-15)9-18-12-3-1-11(2-4-12)13-16-5-6-17-13/h1-7H,8-9,15H2/b10-7+. The van der Waals surface area contributed by atoms with Gasteiger partial charge in [-0.25, -0.2) is 9.37 Å². The van der Waals surface area contributed by atoms with Crippen LogP contribution in [-0.4, -0.2) is 18.1 Å². The van der Waals surface area contributed by atoms with E-state index in [0.29, 0.717) is 23.5 Å². The fourth-order valence-electron chi connectivity index (χ4n) is 1.37. The van der Waals surface area contributed by atoms with Gasteiger partial charge in [0, 0.05) is 17.7 Å². The Bertz CT molecular complexity index is 506. The summed E-state index contributed by atoms with van der Waals surface area (Å²) < 4.78 is 22.8. The molecule has 0 saturated carbocycles. The molecule has 2 aromatic rings. The number of nitrogens with zero attached hydrogens (tertiary/aromatic N) is 1. The van der Waals surface area contributed by atoms with E-state index >= 15 is 0 Å². The second kappa shape index (κ2) is 5.97. The SMILES string of the molecule is NC/C(=C\F)COc1ccc(-c2ncco2)cc1. The van der Waals surface area contributed by atoms with Crippen LogP contribution in [0.1, 0.15) is 0 Å². The van der Waals surface area contributed by atoms with Crippen molar-refractivity contribution in [1.82, 2.24) is 4.98 Å². The molecule has 0 unspecified atom stereocenters. The number of hydrogen-bond acceptors (Lipinski definition) is 4. The Labute approximate surface area is 104 Å². The molecular formula is C13H13FN2O2. The zero-order valence-corrected chi connectivity index (χ0v) is 9.67. The minimum atomic E-state index is 0.144. The van der Waals surface area contributed by atoms with Crippen LogP contribution in [0.2, 0.25) is 0 Å². The van der Waals surface area contributed by atoms with Crippen molar-refractivity contribution in [3.8, 4) is 17.2 Å². The van der Waals surface area contributed by atoms with Crippen LogP contribution in [0.3, 0.4) is 0 Å². The summed E-state index contributed by atoms with van der Waals surface area (Å²) in [7, 11) is 0. The van der Waals surface area contributed by atoms with Crippen LogP contribution in [0.5, 0.6) is 5.75 Å². The van der Waals surface area contributed by atoms with E-state index in [9.17, 15) is 4.39 Å². The third kappa shape index (κ3) is 2.95. The molecule has 0 aliphatic heterocycles. The molecule has 4 nitrogen and oxygen atoms in total. The number of rotatable bonds is 5. The Kier molecular flexibility index (Phi) is 4.09. The van der Waals surface area contributed by atoms with Crippen molar-refractivity contribution in [2.45, 2.75) is 0 Å². The second-order valence-corrected chi connectivity index (χ2v) is 3.62. The average molecular weight is 248 g/mol. The third-order valence-corrected chi connectivity index (χ3v) is 2.37. The number of halogens is 1. The lowest BCUT2D eigenvalue weighted by molar-refractivity contribution is 0.347. The van der Waals surface area contributed by atoms with Crippen LogP contribution in [0.15, 0.2) is 53.0 Å². The average Bonchev–Trinajstić information content (AvgIpc) is 2.94. The summed E-state index contributed by atoms with van der Waals surface area (Å²) in [6, 6.07) is 7.18. The first-order chi connectivity index (χ1) is 8.83. The highest BCUT2D eigenvalue weighted by atomic mass is 19.1. The maximum absolute atomic E-state index is 12.3. The van der Waals surface area contributed by atoms with Crippen LogP contribution in [0.25, 0.3) is 11.5 Å². The number of oxazole rings is 1. The van der Waals surface area contributed by atoms with Gasteiger partial charge < -0.3 is 14.9 Å². The Morgan fingerprint density at radius 3 is 2.72 bits per heavy atom. The van der Waals surface area contributed by atoms with Gasteiger partial charge in [0.1, 0.15) is 18.6 Å². The van der Waals surface area contributed by atoms with Crippen molar-refractivity contribution in [3.05, 3.63) is 48.6 Å². The maximum atomic E-state index is 12.3. The van der Waals surface area contributed by atoms with Gasteiger partial charge in [-0.3, -0.25) is 0 Å². The van der Waals surface area contributed by atoms with E-state index in [2.05, 4.69) is 4.98 Å². The van der Waals surface area contributed by atoms with E-state index in [4.69, 9.17) is 14.9 Å². The monoisotopic (exact) mass is 248 g/mol. The molecule has 0 saturated heterocycles. The van der Waals surface area contributed by atoms with Gasteiger partial charge in [0.05, 0.1) is 12.5 Å². The number of benzene rings is 1. The van der Waals surface area contributed by atoms with Crippen LogP contribution in [0.4, 0.5) is 4.39 Å². The van der Waals surface area contributed by atoms with Gasteiger partial charge in [-0.05, 0) is 24.3 Å². The van der Waals surface area contributed by atoms with E-state index in [0.717, 1.165) is 5.56 Å². The molecule has 0 bridgehead atoms. The lowest BCUT2D eigenvalue weighted by Gasteiger charge is -2.07. The predicted octanol–water partition coefficient (Wildman–Crippen LogP) is 2.53. The van der Waals surface area contributed by atoms with Gasteiger partial charge in [-0.2, -0.15) is 0 Å². The minimum Gasteiger partial charge on any atom is -0.489 e. The largest absolute Gasteiger partial charge is 0.489 e. The summed E-state index contributed by atoms with van der Waals surface area (Å²) in [5, 5.41) is 0. The zero-order valence-electron chi connectivity index (χ0n) is 9.67. The Hall–Kier alpha value is -2.14. The van der Waals surface area contributed by atoms with Crippen molar-refractivity contribution >= 4 is 0 Å². The Balaban J connectivity index is 2.00. The molecule has 94 valence electrons. The van der Waals surface area contributed by atoms with E-state index in [1.807, 2.05) is 12.1 Å². The highest BCUT2D eigenvalue weighted by Gasteiger charge is 2.03. The molecule has 5 heteroatoms. The van der Waals surface area contributed by atoms with Crippen molar-refractivity contribution in [1.29, 1.82) is 0 Å². The van der Waals surface area contributed by atoms with Gasteiger partial charge in [-0.15, -0.1) is 0 Å². The topological polar surface area (TPSA) is 61.3 Å². The summed E-state index contributed by atoms with van der Waals surface area (Å²) in [6.45, 7) is 0.288. The number of nitrogens with two attached hydrogens (primary N) is 1. The first-order valence-corrected chi connectivity index (χ1v) is 5.44. The summed E-state index contributed by atoms with van der Waals surface area (Å²) >= 11 is 0. The van der Waals surface area contributed by atoms with Crippen LogP contribution >= 0.6 is 0 Å². The van der Waals surface area contributed by atoms with E-state index in [1.165, 1.54) is 6.26 Å². The summed E-state index contributed by atoms with van der Waals surface area (Å²) in [5.74, 6) is 1.19. The van der Waals surface area contributed by atoms with Crippen LogP contribution < -0.4 is 10.5 Å². The highest BCUT2D eigenvalue weighted by molar-refractivity contribution is 5.54. The molecule has 0 amide bonds. The van der Waals surface area contributed by atoms with Gasteiger partial charge in [-0.1, -0.05) is 0 Å². The summed E-state index contributed by atoms with van der Waals surface area (Å²) in [4.78, 5) is 4.03. The molecule has 0 aliphatic carbocycles. The second-order valence-electron chi connectivity index (χ2n) is 3.62. The highest BCUT2D eigenvalue weighted by Crippen LogP contribution is 2.20. The lowest BCUT2D eigenvalue weighted by atomic mass is 10.2. The Morgan fingerprint density at radius 2 is 2.17 bits per heavy atom. The fraction of sp³-hybridized carbons (Fsp3) is 0.154. The van der Waals surface area contributed by atoms with E-state index < -0.39 is 0 Å². The van der Waals surface area contributed by atoms with Crippen LogP contribution in [0, 0.1) is 0 Å². The molecule has 0 atom stereocenters. The number of ether oxygens (including phenoxy) is 1. The summed E-state index contributed by atoms with van der Waals surface area (Å²) in [5.41, 5.74) is 6.59. The quantitative estimate of drug-likeness (QED) is 0.883. The number of aromatic nitrogens is 1. The molecule has 0 spiro atoms. The fourth-order valence-corrected chi connectivity index (χ4v) is 1.37. The molecule has 2 rings (SSSR count). The normalized spacial score (nSPS) is 11.6. The van der Waals surface area contributed by atoms with Crippen molar-refractivity contribution in [3.63, 3.8) is 0 Å². The van der Waals surface area contributed by atoms with Gasteiger partial charge in [0.2, 0.25) is 5.89 Å². The molecule has 1 aromatic carbocycles. The van der Waals surface area contributed by atoms with Gasteiger partial charge in [0.15, 0.2) is 0 Å². The van der Waals surface area contributed by atoms with Crippen molar-refractivity contribution in [2.24, 2.45) is 5.73 Å². The molecule has 1 heterocycles. The zero-order chi connectivity index (χ0) is 12.8. The molecule has 2 N–H and O–H groups in total. The van der Waals surface area contributed by atoms with E-state index in [-0.39, 0.29) is 13.2 Å². The Morgan fingerprint density at radius 1 is 1.39 bits per heavy atom. The van der Waals surface area contributed by atoms with E-state index in [1.54, 1.807) is 18.3 Å². The predicted molar refractivity (Wildman–Crippen MR) is 65.7 cm³/mol. The lowest BCUT2D eigenvalue weighted by Crippen LogP contribution is -2.10. The third-order valence-electron chi connectivity index (χ3n) is 2.37. The molecule has 0 radical (unpaired) electrons. The first-order valence-electron chi connectivity index (χ1n) is 5.44. The molecular weight excluding hydrogens is 235 g/mol. The summed E-state index contributed by atoms with van der Waals surface area (Å²) in [6.07, 6.45) is 3.57. The minimum absolute atomic E-state index is 0.144. The molecule has 0 fully saturated rings. The van der Waals surface area contributed by atoms with Gasteiger partial charge in [0.25, 0.3) is 0 Å². The molecule has 1 aromatic heterocycles. The first kappa shape index (κ1) is 12.3. The van der Waals surface area contributed by atoms with Crippen molar-refractivity contribution in [2.75, 3.05) is 13.2 Å². The maximum Gasteiger partial charge on any atom is 0.225 e. The smallest absolute Gasteiger partial charge is 0.225 e.